The Labute approximate surface area is 126 Å². The Kier molecular flexibility index (Phi) is 4.20. The molecule has 0 bridgehead atoms. The molecule has 2 aromatic rings. The summed E-state index contributed by atoms with van der Waals surface area (Å²) in [6.45, 7) is 2.18. The summed E-state index contributed by atoms with van der Waals surface area (Å²) in [5.41, 5.74) is 3.89. The minimum absolute atomic E-state index is 0.281. The highest BCUT2D eigenvalue weighted by atomic mass is 16.5. The van der Waals surface area contributed by atoms with Crippen LogP contribution >= 0.6 is 0 Å². The fraction of sp³-hybridized carbons (Fsp3) is 0.389. The van der Waals surface area contributed by atoms with Gasteiger partial charge in [0, 0.05) is 18.3 Å². The zero-order chi connectivity index (χ0) is 14.7. The molecule has 1 heterocycles. The summed E-state index contributed by atoms with van der Waals surface area (Å²) >= 11 is 0. The summed E-state index contributed by atoms with van der Waals surface area (Å²) in [7, 11) is 1.75. The van der Waals surface area contributed by atoms with Crippen molar-refractivity contribution in [2.45, 2.75) is 38.3 Å². The molecule has 1 N–H and O–H groups in total. The summed E-state index contributed by atoms with van der Waals surface area (Å²) in [5, 5.41) is 3.71. The number of hydrogen-bond donors (Lipinski definition) is 1. The molecule has 0 unspecified atom stereocenters. The van der Waals surface area contributed by atoms with Gasteiger partial charge in [-0.05, 0) is 55.5 Å². The molecule has 3 heteroatoms. The van der Waals surface area contributed by atoms with Crippen LogP contribution in [-0.2, 0) is 12.8 Å². The second-order valence-electron chi connectivity index (χ2n) is 5.68. The van der Waals surface area contributed by atoms with E-state index in [1.54, 1.807) is 7.11 Å². The number of rotatable bonds is 4. The van der Waals surface area contributed by atoms with Crippen LogP contribution in [0.2, 0.25) is 0 Å². The third-order valence-corrected chi connectivity index (χ3v) is 4.28. The minimum Gasteiger partial charge on any atom is -0.496 e. The van der Waals surface area contributed by atoms with Crippen molar-refractivity contribution in [2.24, 2.45) is 0 Å². The van der Waals surface area contributed by atoms with Crippen LogP contribution in [-0.4, -0.2) is 18.1 Å². The van der Waals surface area contributed by atoms with Crippen LogP contribution in [0.4, 0.5) is 0 Å². The van der Waals surface area contributed by atoms with E-state index in [9.17, 15) is 0 Å². The van der Waals surface area contributed by atoms with Gasteiger partial charge in [-0.25, -0.2) is 0 Å². The molecule has 3 rings (SSSR count). The highest BCUT2D eigenvalue weighted by Crippen LogP contribution is 2.30. The third kappa shape index (κ3) is 3.08. The molecular weight excluding hydrogens is 260 g/mol. The Bertz CT molecular complexity index is 597. The standard InChI is InChI=1S/C18H22N2O/c1-13(17-7-3-4-11-19-17)20-15-9-10-16-14(12-15)6-5-8-18(16)21-2/h3-8,11,13,15,20H,9-10,12H2,1-2H3/t13-,15-/m0/s1. The Balaban J connectivity index is 1.69. The van der Waals surface area contributed by atoms with E-state index >= 15 is 0 Å². The molecule has 1 aromatic carbocycles. The Morgan fingerprint density at radius 1 is 1.24 bits per heavy atom. The first-order valence-electron chi connectivity index (χ1n) is 7.59. The van der Waals surface area contributed by atoms with Gasteiger partial charge in [0.25, 0.3) is 0 Å². The van der Waals surface area contributed by atoms with Crippen molar-refractivity contribution < 1.29 is 4.74 Å². The normalized spacial score (nSPS) is 18.9. The first kappa shape index (κ1) is 14.1. The van der Waals surface area contributed by atoms with E-state index in [1.165, 1.54) is 11.1 Å². The van der Waals surface area contributed by atoms with Crippen LogP contribution in [0.5, 0.6) is 5.75 Å². The lowest BCUT2D eigenvalue weighted by Crippen LogP contribution is -2.36. The van der Waals surface area contributed by atoms with Crippen LogP contribution in [0, 0.1) is 0 Å². The van der Waals surface area contributed by atoms with Crippen LogP contribution in [0.1, 0.15) is 36.2 Å². The molecule has 110 valence electrons. The lowest BCUT2D eigenvalue weighted by atomic mass is 9.87. The molecule has 0 spiro atoms. The van der Waals surface area contributed by atoms with E-state index in [0.717, 1.165) is 30.7 Å². The maximum Gasteiger partial charge on any atom is 0.122 e. The summed E-state index contributed by atoms with van der Waals surface area (Å²) in [4.78, 5) is 4.43. The van der Waals surface area contributed by atoms with Gasteiger partial charge in [-0.15, -0.1) is 0 Å². The Morgan fingerprint density at radius 2 is 2.14 bits per heavy atom. The lowest BCUT2D eigenvalue weighted by molar-refractivity contribution is 0.385. The molecule has 0 saturated heterocycles. The van der Waals surface area contributed by atoms with Crippen molar-refractivity contribution in [1.82, 2.24) is 10.3 Å². The topological polar surface area (TPSA) is 34.1 Å². The quantitative estimate of drug-likeness (QED) is 0.934. The molecule has 1 aliphatic carbocycles. The first-order valence-corrected chi connectivity index (χ1v) is 7.59. The fourth-order valence-corrected chi connectivity index (χ4v) is 3.18. The fourth-order valence-electron chi connectivity index (χ4n) is 3.18. The van der Waals surface area contributed by atoms with Crippen molar-refractivity contribution in [3.63, 3.8) is 0 Å². The Morgan fingerprint density at radius 3 is 2.90 bits per heavy atom. The smallest absolute Gasteiger partial charge is 0.122 e. The SMILES string of the molecule is COc1cccc2c1CC[C@H](N[C@@H](C)c1ccccn1)C2. The number of nitrogens with one attached hydrogen (secondary N) is 1. The minimum atomic E-state index is 0.281. The molecular formula is C18H22N2O. The van der Waals surface area contributed by atoms with Crippen molar-refractivity contribution in [1.29, 1.82) is 0 Å². The number of pyridine rings is 1. The highest BCUT2D eigenvalue weighted by Gasteiger charge is 2.22. The van der Waals surface area contributed by atoms with Crippen LogP contribution in [0.25, 0.3) is 0 Å². The van der Waals surface area contributed by atoms with Crippen LogP contribution in [0.3, 0.4) is 0 Å². The molecule has 0 fully saturated rings. The summed E-state index contributed by atoms with van der Waals surface area (Å²) in [6, 6.07) is 13.2. The maximum absolute atomic E-state index is 5.47. The number of aromatic nitrogens is 1. The third-order valence-electron chi connectivity index (χ3n) is 4.28. The van der Waals surface area contributed by atoms with Crippen LogP contribution < -0.4 is 10.1 Å². The maximum atomic E-state index is 5.47. The predicted molar refractivity (Wildman–Crippen MR) is 84.6 cm³/mol. The number of nitrogens with zero attached hydrogens (tertiary/aromatic N) is 1. The monoisotopic (exact) mass is 282 g/mol. The number of fused-ring (bicyclic) bond motifs is 1. The van der Waals surface area contributed by atoms with Crippen molar-refractivity contribution >= 4 is 0 Å². The number of benzene rings is 1. The van der Waals surface area contributed by atoms with E-state index < -0.39 is 0 Å². The molecule has 1 aromatic heterocycles. The second kappa shape index (κ2) is 6.27. The van der Waals surface area contributed by atoms with E-state index in [2.05, 4.69) is 41.5 Å². The molecule has 0 saturated carbocycles. The van der Waals surface area contributed by atoms with E-state index in [-0.39, 0.29) is 6.04 Å². The predicted octanol–water partition coefficient (Wildman–Crippen LogP) is 3.30. The summed E-state index contributed by atoms with van der Waals surface area (Å²) in [6.07, 6.45) is 5.13. The van der Waals surface area contributed by atoms with Gasteiger partial charge in [0.1, 0.15) is 5.75 Å². The van der Waals surface area contributed by atoms with Crippen molar-refractivity contribution in [3.8, 4) is 5.75 Å². The molecule has 3 nitrogen and oxygen atoms in total. The van der Waals surface area contributed by atoms with Crippen LogP contribution in [0.15, 0.2) is 42.6 Å². The summed E-state index contributed by atoms with van der Waals surface area (Å²) in [5.74, 6) is 1.03. The largest absolute Gasteiger partial charge is 0.496 e. The molecule has 0 aliphatic heterocycles. The van der Waals surface area contributed by atoms with Gasteiger partial charge in [-0.3, -0.25) is 4.98 Å². The highest BCUT2D eigenvalue weighted by molar-refractivity contribution is 5.42. The van der Waals surface area contributed by atoms with Gasteiger partial charge < -0.3 is 10.1 Å². The van der Waals surface area contributed by atoms with Gasteiger partial charge in [-0.1, -0.05) is 18.2 Å². The average molecular weight is 282 g/mol. The molecule has 0 amide bonds. The molecule has 21 heavy (non-hydrogen) atoms. The lowest BCUT2D eigenvalue weighted by Gasteiger charge is -2.29. The van der Waals surface area contributed by atoms with Gasteiger partial charge in [0.15, 0.2) is 0 Å². The van der Waals surface area contributed by atoms with Gasteiger partial charge in [0.2, 0.25) is 0 Å². The average Bonchev–Trinajstić information content (AvgIpc) is 2.54. The zero-order valence-electron chi connectivity index (χ0n) is 12.7. The Hall–Kier alpha value is -1.87. The number of hydrogen-bond acceptors (Lipinski definition) is 3. The summed E-state index contributed by atoms with van der Waals surface area (Å²) < 4.78 is 5.47. The van der Waals surface area contributed by atoms with Gasteiger partial charge in [0.05, 0.1) is 12.8 Å². The van der Waals surface area contributed by atoms with Crippen molar-refractivity contribution in [2.75, 3.05) is 7.11 Å². The van der Waals surface area contributed by atoms with Gasteiger partial charge in [-0.2, -0.15) is 0 Å². The molecule has 0 radical (unpaired) electrons. The second-order valence-corrected chi connectivity index (χ2v) is 5.68. The zero-order valence-corrected chi connectivity index (χ0v) is 12.7. The molecule has 2 atom stereocenters. The molecule has 1 aliphatic rings. The van der Waals surface area contributed by atoms with E-state index in [4.69, 9.17) is 4.74 Å². The van der Waals surface area contributed by atoms with Gasteiger partial charge >= 0.3 is 0 Å². The number of methoxy groups -OCH3 is 1. The van der Waals surface area contributed by atoms with E-state index in [1.807, 2.05) is 18.3 Å². The number of ether oxygens (including phenoxy) is 1. The van der Waals surface area contributed by atoms with E-state index in [0.29, 0.717) is 6.04 Å². The van der Waals surface area contributed by atoms with Crippen molar-refractivity contribution in [3.05, 3.63) is 59.4 Å². The first-order chi connectivity index (χ1) is 10.3.